The topological polar surface area (TPSA) is 32.3 Å². The fourth-order valence-corrected chi connectivity index (χ4v) is 3.64. The number of rotatable bonds is 6. The molecule has 1 saturated heterocycles. The highest BCUT2D eigenvalue weighted by molar-refractivity contribution is 7.10. The molecule has 1 fully saturated rings. The van der Waals surface area contributed by atoms with Gasteiger partial charge in [-0.25, -0.2) is 0 Å². The highest BCUT2D eigenvalue weighted by atomic mass is 32.1. The van der Waals surface area contributed by atoms with Crippen LogP contribution in [0.4, 0.5) is 0 Å². The largest absolute Gasteiger partial charge is 0.318 e. The van der Waals surface area contributed by atoms with E-state index in [0.29, 0.717) is 5.92 Å². The normalized spacial score (nSPS) is 26.0. The smallest absolute Gasteiger partial charge is 0.241 e. The molecular formula is C16H26N2OS. The molecule has 4 heteroatoms. The van der Waals surface area contributed by atoms with Crippen LogP contribution in [-0.2, 0) is 4.79 Å². The third-order valence-electron chi connectivity index (χ3n) is 4.49. The summed E-state index contributed by atoms with van der Waals surface area (Å²) in [7, 11) is 0. The quantitative estimate of drug-likeness (QED) is 0.866. The molecule has 20 heavy (non-hydrogen) atoms. The van der Waals surface area contributed by atoms with E-state index in [1.54, 1.807) is 11.3 Å². The number of hydrogen-bond donors (Lipinski definition) is 1. The first kappa shape index (κ1) is 15.5. The summed E-state index contributed by atoms with van der Waals surface area (Å²) < 4.78 is 0. The summed E-state index contributed by atoms with van der Waals surface area (Å²) in [6.45, 7) is 8.74. The van der Waals surface area contributed by atoms with Gasteiger partial charge in [-0.05, 0) is 30.7 Å². The van der Waals surface area contributed by atoms with Gasteiger partial charge in [0.1, 0.15) is 6.17 Å². The van der Waals surface area contributed by atoms with Crippen LogP contribution in [-0.4, -0.2) is 22.9 Å². The van der Waals surface area contributed by atoms with Crippen molar-refractivity contribution in [1.29, 1.82) is 0 Å². The molecule has 0 aliphatic carbocycles. The van der Waals surface area contributed by atoms with Gasteiger partial charge in [0.15, 0.2) is 0 Å². The Morgan fingerprint density at radius 3 is 2.70 bits per heavy atom. The second-order valence-corrected chi connectivity index (χ2v) is 6.78. The molecule has 1 aliphatic rings. The number of carbonyl (C=O) groups is 1. The van der Waals surface area contributed by atoms with Gasteiger partial charge in [-0.15, -0.1) is 11.3 Å². The highest BCUT2D eigenvalue weighted by Gasteiger charge is 2.42. The van der Waals surface area contributed by atoms with Gasteiger partial charge in [-0.1, -0.05) is 39.7 Å². The van der Waals surface area contributed by atoms with Crippen LogP contribution in [0.2, 0.25) is 0 Å². The first-order valence-electron chi connectivity index (χ1n) is 7.71. The molecule has 0 spiro atoms. The molecule has 1 aliphatic heterocycles. The van der Waals surface area contributed by atoms with Crippen molar-refractivity contribution in [3.63, 3.8) is 0 Å². The predicted octanol–water partition coefficient (Wildman–Crippen LogP) is 3.78. The van der Waals surface area contributed by atoms with Gasteiger partial charge in [0, 0.05) is 10.9 Å². The van der Waals surface area contributed by atoms with Crippen LogP contribution in [0.1, 0.15) is 58.0 Å². The number of nitrogens with one attached hydrogen (secondary N) is 1. The van der Waals surface area contributed by atoms with Crippen molar-refractivity contribution >= 4 is 17.2 Å². The molecule has 0 radical (unpaired) electrons. The van der Waals surface area contributed by atoms with E-state index in [1.165, 1.54) is 4.88 Å². The Kier molecular flexibility index (Phi) is 5.22. The monoisotopic (exact) mass is 294 g/mol. The van der Waals surface area contributed by atoms with E-state index in [2.05, 4.69) is 55.4 Å². The van der Waals surface area contributed by atoms with Gasteiger partial charge in [0.05, 0.1) is 6.04 Å². The van der Waals surface area contributed by atoms with Gasteiger partial charge in [0.2, 0.25) is 5.91 Å². The van der Waals surface area contributed by atoms with Gasteiger partial charge in [-0.2, -0.15) is 0 Å². The van der Waals surface area contributed by atoms with Crippen molar-refractivity contribution in [3.8, 4) is 0 Å². The summed E-state index contributed by atoms with van der Waals surface area (Å²) in [6, 6.07) is 4.44. The Morgan fingerprint density at radius 1 is 1.40 bits per heavy atom. The molecule has 1 amide bonds. The Balaban J connectivity index is 2.25. The van der Waals surface area contributed by atoms with E-state index in [-0.39, 0.29) is 24.2 Å². The molecule has 3 nitrogen and oxygen atoms in total. The van der Waals surface area contributed by atoms with Gasteiger partial charge in [0.25, 0.3) is 0 Å². The lowest BCUT2D eigenvalue weighted by molar-refractivity contribution is -0.133. The average Bonchev–Trinajstić information content (AvgIpc) is 3.06. The zero-order chi connectivity index (χ0) is 14.7. The van der Waals surface area contributed by atoms with Crippen LogP contribution in [0.3, 0.4) is 0 Å². The minimum atomic E-state index is -0.0152. The van der Waals surface area contributed by atoms with E-state index in [0.717, 1.165) is 19.3 Å². The molecule has 0 bridgehead atoms. The molecule has 1 aromatic rings. The molecular weight excluding hydrogens is 268 g/mol. The fourth-order valence-electron chi connectivity index (χ4n) is 2.86. The van der Waals surface area contributed by atoms with Gasteiger partial charge < -0.3 is 4.90 Å². The first-order valence-corrected chi connectivity index (χ1v) is 8.59. The zero-order valence-electron chi connectivity index (χ0n) is 12.9. The third kappa shape index (κ3) is 2.91. The number of thiophene rings is 1. The molecule has 0 saturated carbocycles. The maximum absolute atomic E-state index is 12.7. The molecule has 0 aromatic carbocycles. The second kappa shape index (κ2) is 6.72. The standard InChI is InChI=1S/C16H26N2OS/c1-5-8-13-16(19)18(12(4)11(3)6-2)15(17-13)14-9-7-10-20-14/h7,9-13,15,17H,5-6,8H2,1-4H3. The molecule has 2 rings (SSSR count). The van der Waals surface area contributed by atoms with Gasteiger partial charge >= 0.3 is 0 Å². The molecule has 4 unspecified atom stereocenters. The van der Waals surface area contributed by atoms with Crippen LogP contribution >= 0.6 is 11.3 Å². The molecule has 1 N–H and O–H groups in total. The highest BCUT2D eigenvalue weighted by Crippen LogP contribution is 2.33. The van der Waals surface area contributed by atoms with Crippen molar-refractivity contribution in [2.75, 3.05) is 0 Å². The second-order valence-electron chi connectivity index (χ2n) is 5.80. The number of amides is 1. The lowest BCUT2D eigenvalue weighted by atomic mass is 9.98. The summed E-state index contributed by atoms with van der Waals surface area (Å²) in [5.74, 6) is 0.793. The zero-order valence-corrected chi connectivity index (χ0v) is 13.7. The molecule has 4 atom stereocenters. The Morgan fingerprint density at radius 2 is 2.15 bits per heavy atom. The average molecular weight is 294 g/mol. The maximum Gasteiger partial charge on any atom is 0.241 e. The van der Waals surface area contributed by atoms with E-state index < -0.39 is 0 Å². The Bertz CT molecular complexity index is 432. The minimum absolute atomic E-state index is 0.0152. The van der Waals surface area contributed by atoms with Crippen molar-refractivity contribution < 1.29 is 4.79 Å². The van der Waals surface area contributed by atoms with Crippen LogP contribution in [0, 0.1) is 5.92 Å². The summed E-state index contributed by atoms with van der Waals surface area (Å²) in [6.07, 6.45) is 3.11. The van der Waals surface area contributed by atoms with Gasteiger partial charge in [-0.3, -0.25) is 10.1 Å². The summed E-state index contributed by atoms with van der Waals surface area (Å²) in [5.41, 5.74) is 0. The number of hydrogen-bond acceptors (Lipinski definition) is 3. The van der Waals surface area contributed by atoms with Crippen molar-refractivity contribution in [3.05, 3.63) is 22.4 Å². The van der Waals surface area contributed by atoms with Crippen molar-refractivity contribution in [2.45, 2.75) is 65.2 Å². The Hall–Kier alpha value is -0.870. The SMILES string of the molecule is CCCC1NC(c2cccs2)N(C(C)C(C)CC)C1=O. The predicted molar refractivity (Wildman–Crippen MR) is 84.7 cm³/mol. The summed E-state index contributed by atoms with van der Waals surface area (Å²) >= 11 is 1.73. The molecule has 2 heterocycles. The number of carbonyl (C=O) groups excluding carboxylic acids is 1. The Labute approximate surface area is 126 Å². The maximum atomic E-state index is 12.7. The fraction of sp³-hybridized carbons (Fsp3) is 0.688. The van der Waals surface area contributed by atoms with Crippen LogP contribution in [0.15, 0.2) is 17.5 Å². The molecule has 1 aromatic heterocycles. The minimum Gasteiger partial charge on any atom is -0.318 e. The lowest BCUT2D eigenvalue weighted by Gasteiger charge is -2.33. The van der Waals surface area contributed by atoms with E-state index >= 15 is 0 Å². The first-order chi connectivity index (χ1) is 9.60. The van der Waals surface area contributed by atoms with Crippen molar-refractivity contribution in [2.24, 2.45) is 5.92 Å². The van der Waals surface area contributed by atoms with E-state index in [1.807, 2.05) is 0 Å². The van der Waals surface area contributed by atoms with Crippen LogP contribution < -0.4 is 5.32 Å². The van der Waals surface area contributed by atoms with E-state index in [9.17, 15) is 4.79 Å². The lowest BCUT2D eigenvalue weighted by Crippen LogP contribution is -2.41. The number of nitrogens with zero attached hydrogens (tertiary/aromatic N) is 1. The van der Waals surface area contributed by atoms with Crippen LogP contribution in [0.5, 0.6) is 0 Å². The summed E-state index contributed by atoms with van der Waals surface area (Å²) in [5, 5.41) is 5.62. The summed E-state index contributed by atoms with van der Waals surface area (Å²) in [4.78, 5) is 16.1. The molecule has 112 valence electrons. The van der Waals surface area contributed by atoms with Crippen molar-refractivity contribution in [1.82, 2.24) is 10.2 Å². The van der Waals surface area contributed by atoms with E-state index in [4.69, 9.17) is 0 Å². The third-order valence-corrected chi connectivity index (χ3v) is 5.41. The van der Waals surface area contributed by atoms with Crippen LogP contribution in [0.25, 0.3) is 0 Å².